The fourth-order valence-electron chi connectivity index (χ4n) is 1.71. The lowest BCUT2D eigenvalue weighted by atomic mass is 10.5. The summed E-state index contributed by atoms with van der Waals surface area (Å²) in [5, 5.41) is 9.24. The van der Waals surface area contributed by atoms with Crippen LogP contribution < -0.4 is 5.69 Å². The summed E-state index contributed by atoms with van der Waals surface area (Å²) >= 11 is 2.65. The number of carbonyl (C=O) groups is 1. The molecule has 0 amide bonds. The van der Waals surface area contributed by atoms with Gasteiger partial charge in [0.25, 0.3) is 0 Å². The van der Waals surface area contributed by atoms with Gasteiger partial charge >= 0.3 is 5.69 Å². The molecule has 0 saturated heterocycles. The van der Waals surface area contributed by atoms with E-state index in [0.717, 1.165) is 11.2 Å². The molecular weight excluding hydrogens is 286 g/mol. The van der Waals surface area contributed by atoms with Crippen LogP contribution in [-0.4, -0.2) is 30.4 Å². The zero-order valence-corrected chi connectivity index (χ0v) is 11.5. The minimum Gasteiger partial charge on any atom is -0.296 e. The molecule has 0 atom stereocenters. The van der Waals surface area contributed by atoms with Crippen LogP contribution in [0.2, 0.25) is 0 Å². The third-order valence-electron chi connectivity index (χ3n) is 2.60. The Kier molecular flexibility index (Phi) is 2.99. The quantitative estimate of drug-likeness (QED) is 0.732. The van der Waals surface area contributed by atoms with Crippen molar-refractivity contribution >= 4 is 34.3 Å². The van der Waals surface area contributed by atoms with Crippen LogP contribution in [0.3, 0.4) is 0 Å². The Morgan fingerprint density at radius 2 is 2.42 bits per heavy atom. The number of carbonyl (C=O) groups excluding carboxylic acids is 1. The average molecular weight is 295 g/mol. The molecule has 0 unspecified atom stereocenters. The van der Waals surface area contributed by atoms with Crippen molar-refractivity contribution in [1.82, 2.24) is 24.1 Å². The maximum atomic E-state index is 11.5. The molecule has 98 valence electrons. The molecule has 3 aromatic rings. The second-order valence-corrected chi connectivity index (χ2v) is 5.46. The summed E-state index contributed by atoms with van der Waals surface area (Å²) in [7, 11) is 0. The number of hydrogen-bond donors (Lipinski definition) is 1. The van der Waals surface area contributed by atoms with Gasteiger partial charge in [-0.2, -0.15) is 0 Å². The third-order valence-corrected chi connectivity index (χ3v) is 4.35. The first-order chi connectivity index (χ1) is 9.24. The molecular formula is C10H9N5O2S2. The van der Waals surface area contributed by atoms with Gasteiger partial charge < -0.3 is 0 Å². The van der Waals surface area contributed by atoms with Gasteiger partial charge in [-0.1, -0.05) is 0 Å². The first-order valence-corrected chi connectivity index (χ1v) is 7.18. The minimum absolute atomic E-state index is 0.265. The molecule has 0 fully saturated rings. The van der Waals surface area contributed by atoms with E-state index in [-0.39, 0.29) is 5.69 Å². The van der Waals surface area contributed by atoms with E-state index in [1.807, 2.05) is 12.3 Å². The van der Waals surface area contributed by atoms with Crippen molar-refractivity contribution in [1.29, 1.82) is 0 Å². The van der Waals surface area contributed by atoms with Crippen LogP contribution in [0, 0.1) is 0 Å². The van der Waals surface area contributed by atoms with Gasteiger partial charge in [-0.3, -0.25) is 13.8 Å². The first-order valence-electron chi connectivity index (χ1n) is 5.48. The number of hydrogen-bond acceptors (Lipinski definition) is 6. The Labute approximate surface area is 115 Å². The van der Waals surface area contributed by atoms with E-state index in [1.54, 1.807) is 10.6 Å². The van der Waals surface area contributed by atoms with E-state index >= 15 is 0 Å². The highest BCUT2D eigenvalue weighted by Gasteiger charge is 2.17. The molecule has 0 radical (unpaired) electrons. The number of fused-ring (bicyclic) bond motifs is 1. The smallest absolute Gasteiger partial charge is 0.296 e. The van der Waals surface area contributed by atoms with Crippen molar-refractivity contribution in [2.24, 2.45) is 0 Å². The fraction of sp³-hybridized carbons (Fsp3) is 0.200. The molecule has 19 heavy (non-hydrogen) atoms. The van der Waals surface area contributed by atoms with E-state index in [4.69, 9.17) is 0 Å². The van der Waals surface area contributed by atoms with Gasteiger partial charge in [-0.05, 0) is 18.7 Å². The lowest BCUT2D eigenvalue weighted by Crippen LogP contribution is -2.16. The molecule has 0 saturated carbocycles. The minimum atomic E-state index is -0.265. The predicted octanol–water partition coefficient (Wildman–Crippen LogP) is 1.26. The van der Waals surface area contributed by atoms with Crippen LogP contribution in [0.1, 0.15) is 17.4 Å². The van der Waals surface area contributed by atoms with Gasteiger partial charge in [0.05, 0.1) is 0 Å². The van der Waals surface area contributed by atoms with Crippen molar-refractivity contribution in [2.75, 3.05) is 0 Å². The Morgan fingerprint density at radius 3 is 3.16 bits per heavy atom. The molecule has 0 aromatic carbocycles. The Hall–Kier alpha value is -1.87. The SMILES string of the molecule is CCn1c(Sc2nc3sccn3c2C=O)n[nH]c1=O. The standard InChI is InChI=1S/C10H9N5O2S2/c1-2-14-8(17)12-13-10(14)19-7-6(5-16)15-3-4-18-9(15)11-7/h3-5H,2H2,1H3,(H,12,17). The van der Waals surface area contributed by atoms with Crippen molar-refractivity contribution in [2.45, 2.75) is 23.7 Å². The zero-order valence-electron chi connectivity index (χ0n) is 9.86. The van der Waals surface area contributed by atoms with E-state index in [2.05, 4.69) is 15.2 Å². The molecule has 1 N–H and O–H groups in total. The van der Waals surface area contributed by atoms with Gasteiger partial charge in [0.2, 0.25) is 0 Å². The molecule has 0 aliphatic heterocycles. The number of imidazole rings is 1. The van der Waals surface area contributed by atoms with E-state index in [1.165, 1.54) is 27.7 Å². The predicted molar refractivity (Wildman–Crippen MR) is 71.1 cm³/mol. The van der Waals surface area contributed by atoms with Crippen molar-refractivity contribution in [3.63, 3.8) is 0 Å². The zero-order chi connectivity index (χ0) is 13.4. The molecule has 3 aromatic heterocycles. The summed E-state index contributed by atoms with van der Waals surface area (Å²) in [5.74, 6) is 0. The lowest BCUT2D eigenvalue weighted by molar-refractivity contribution is 0.111. The first kappa shape index (κ1) is 12.2. The van der Waals surface area contributed by atoms with Crippen molar-refractivity contribution in [3.8, 4) is 0 Å². The molecule has 7 nitrogen and oxygen atoms in total. The summed E-state index contributed by atoms with van der Waals surface area (Å²) < 4.78 is 3.22. The Bertz CT molecular complexity index is 796. The number of aldehydes is 1. The second kappa shape index (κ2) is 4.67. The van der Waals surface area contributed by atoms with Crippen LogP contribution in [0.25, 0.3) is 4.96 Å². The molecule has 0 aliphatic carbocycles. The molecule has 3 rings (SSSR count). The van der Waals surface area contributed by atoms with E-state index in [9.17, 15) is 9.59 Å². The highest BCUT2D eigenvalue weighted by atomic mass is 32.2. The van der Waals surface area contributed by atoms with Crippen LogP contribution in [0.5, 0.6) is 0 Å². The summed E-state index contributed by atoms with van der Waals surface area (Å²) in [6.45, 7) is 2.36. The third kappa shape index (κ3) is 1.90. The highest BCUT2D eigenvalue weighted by Crippen LogP contribution is 2.29. The second-order valence-electron chi connectivity index (χ2n) is 3.63. The van der Waals surface area contributed by atoms with Crippen molar-refractivity contribution < 1.29 is 4.79 Å². The highest BCUT2D eigenvalue weighted by molar-refractivity contribution is 7.99. The van der Waals surface area contributed by atoms with Gasteiger partial charge in [-0.15, -0.1) is 16.4 Å². The normalized spacial score (nSPS) is 11.2. The number of nitrogens with one attached hydrogen (secondary N) is 1. The number of H-pyrrole nitrogens is 1. The average Bonchev–Trinajstić information content (AvgIpc) is 3.04. The molecule has 3 heterocycles. The topological polar surface area (TPSA) is 85.0 Å². The van der Waals surface area contributed by atoms with Gasteiger partial charge in [0.1, 0.15) is 10.7 Å². The number of rotatable bonds is 4. The molecule has 0 aliphatic rings. The van der Waals surface area contributed by atoms with Gasteiger partial charge in [-0.25, -0.2) is 14.9 Å². The maximum absolute atomic E-state index is 11.5. The summed E-state index contributed by atoms with van der Waals surface area (Å²) in [5.41, 5.74) is 0.207. The van der Waals surface area contributed by atoms with Crippen LogP contribution in [-0.2, 0) is 6.54 Å². The van der Waals surface area contributed by atoms with Crippen LogP contribution in [0.4, 0.5) is 0 Å². The molecule has 0 spiro atoms. The Morgan fingerprint density at radius 1 is 1.58 bits per heavy atom. The van der Waals surface area contributed by atoms with Gasteiger partial charge in [0.15, 0.2) is 16.4 Å². The molecule has 9 heteroatoms. The Balaban J connectivity index is 2.07. The largest absolute Gasteiger partial charge is 0.343 e. The molecule has 0 bridgehead atoms. The summed E-state index contributed by atoms with van der Waals surface area (Å²) in [6, 6.07) is 0. The van der Waals surface area contributed by atoms with E-state index < -0.39 is 0 Å². The summed E-state index contributed by atoms with van der Waals surface area (Å²) in [6.07, 6.45) is 2.55. The number of aromatic nitrogens is 5. The van der Waals surface area contributed by atoms with Crippen molar-refractivity contribution in [3.05, 3.63) is 27.8 Å². The maximum Gasteiger partial charge on any atom is 0.343 e. The van der Waals surface area contributed by atoms with Crippen LogP contribution >= 0.6 is 23.1 Å². The van der Waals surface area contributed by atoms with E-state index in [0.29, 0.717) is 22.4 Å². The number of thiazole rings is 1. The number of nitrogens with zero attached hydrogens (tertiary/aromatic N) is 4. The summed E-state index contributed by atoms with van der Waals surface area (Å²) in [4.78, 5) is 27.8. The van der Waals surface area contributed by atoms with Gasteiger partial charge in [0, 0.05) is 18.1 Å². The van der Waals surface area contributed by atoms with Crippen LogP contribution in [0.15, 0.2) is 26.6 Å². The lowest BCUT2D eigenvalue weighted by Gasteiger charge is -1.99. The number of aromatic amines is 1. The monoisotopic (exact) mass is 295 g/mol. The fourth-order valence-corrected chi connectivity index (χ4v) is 3.46.